The molecule has 0 fully saturated rings. The summed E-state index contributed by atoms with van der Waals surface area (Å²) in [5.74, 6) is 0.984. The Morgan fingerprint density at radius 2 is 1.05 bits per heavy atom. The third-order valence-electron chi connectivity index (χ3n) is 2.28. The van der Waals surface area contributed by atoms with Gasteiger partial charge in [-0.25, -0.2) is 16.8 Å². The van der Waals surface area contributed by atoms with Crippen molar-refractivity contribution in [3.8, 4) is 0 Å². The Labute approximate surface area is 173 Å². The first kappa shape index (κ1) is 27.4. The second-order valence-corrected chi connectivity index (χ2v) is 10.1. The molecule has 0 bridgehead atoms. The monoisotopic (exact) mass is 382 g/mol. The van der Waals surface area contributed by atoms with Crippen molar-refractivity contribution in [3.63, 3.8) is 0 Å². The summed E-state index contributed by atoms with van der Waals surface area (Å²) < 4.78 is 63.5. The van der Waals surface area contributed by atoms with Crippen molar-refractivity contribution in [1.82, 2.24) is 0 Å². The SMILES string of the molecule is CC(CCSSCCC(C)S(=O)(=O)[O-])S(=O)(=O)[O-].[Na+].[Na+]. The second-order valence-electron chi connectivity index (χ2n) is 3.83. The van der Waals surface area contributed by atoms with Crippen LogP contribution >= 0.6 is 21.6 Å². The minimum Gasteiger partial charge on any atom is -0.748 e. The Kier molecular flexibility index (Phi) is 17.6. The van der Waals surface area contributed by atoms with Gasteiger partial charge < -0.3 is 9.11 Å². The maximum atomic E-state index is 10.6. The smallest absolute Gasteiger partial charge is 0.748 e. The van der Waals surface area contributed by atoms with Gasteiger partial charge in [-0.3, -0.25) is 0 Å². The van der Waals surface area contributed by atoms with Crippen molar-refractivity contribution in [2.24, 2.45) is 0 Å². The van der Waals surface area contributed by atoms with Crippen molar-refractivity contribution >= 4 is 41.8 Å². The molecule has 0 spiro atoms. The molecule has 0 N–H and O–H groups in total. The van der Waals surface area contributed by atoms with Gasteiger partial charge >= 0.3 is 59.1 Å². The van der Waals surface area contributed by atoms with Crippen LogP contribution < -0.4 is 59.1 Å². The Morgan fingerprint density at radius 1 is 0.800 bits per heavy atom. The zero-order chi connectivity index (χ0) is 14.4. The van der Waals surface area contributed by atoms with Crippen molar-refractivity contribution in [3.05, 3.63) is 0 Å². The molecule has 0 amide bonds. The van der Waals surface area contributed by atoms with Crippen LogP contribution in [0.15, 0.2) is 0 Å². The van der Waals surface area contributed by atoms with Crippen molar-refractivity contribution < 1.29 is 85.1 Å². The molecule has 0 rings (SSSR count). The molecule has 0 aromatic rings. The van der Waals surface area contributed by atoms with Gasteiger partial charge in [-0.1, -0.05) is 21.6 Å². The fourth-order valence-corrected chi connectivity index (χ4v) is 4.37. The van der Waals surface area contributed by atoms with E-state index in [-0.39, 0.29) is 72.0 Å². The van der Waals surface area contributed by atoms with E-state index in [1.54, 1.807) is 0 Å². The Balaban J connectivity index is -0.00000144. The second kappa shape index (κ2) is 12.9. The molecule has 12 heteroatoms. The first-order valence-electron chi connectivity index (χ1n) is 5.19. The molecule has 0 heterocycles. The summed E-state index contributed by atoms with van der Waals surface area (Å²) in [4.78, 5) is 0. The summed E-state index contributed by atoms with van der Waals surface area (Å²) in [6.07, 6.45) is 0.526. The van der Waals surface area contributed by atoms with Crippen LogP contribution in [-0.2, 0) is 20.2 Å². The van der Waals surface area contributed by atoms with Crippen LogP contribution in [0.2, 0.25) is 0 Å². The van der Waals surface area contributed by atoms with E-state index >= 15 is 0 Å². The molecule has 2 unspecified atom stereocenters. The molecule has 0 aliphatic heterocycles. The van der Waals surface area contributed by atoms with Gasteiger partial charge in [0.2, 0.25) is 0 Å². The molecule has 6 nitrogen and oxygen atoms in total. The van der Waals surface area contributed by atoms with Crippen molar-refractivity contribution in [2.45, 2.75) is 37.2 Å². The summed E-state index contributed by atoms with van der Waals surface area (Å²) in [6, 6.07) is 0. The van der Waals surface area contributed by atoms with Gasteiger partial charge in [0, 0.05) is 22.0 Å². The average molecular weight is 382 g/mol. The molecule has 0 saturated carbocycles. The molecule has 0 aliphatic carbocycles. The zero-order valence-corrected chi connectivity index (χ0v) is 19.3. The average Bonchev–Trinajstić information content (AvgIpc) is 2.19. The first-order valence-corrected chi connectivity index (χ1v) is 10.6. The molecule has 0 aromatic carbocycles. The quantitative estimate of drug-likeness (QED) is 0.169. The van der Waals surface area contributed by atoms with E-state index in [2.05, 4.69) is 0 Å². The predicted octanol–water partition coefficient (Wildman–Crippen LogP) is -4.98. The normalized spacial score (nSPS) is 14.8. The molecular weight excluding hydrogens is 366 g/mol. The summed E-state index contributed by atoms with van der Waals surface area (Å²) >= 11 is 0. The summed E-state index contributed by atoms with van der Waals surface area (Å²) in [6.45, 7) is 2.72. The molecule has 0 aromatic heterocycles. The molecule has 0 saturated heterocycles. The van der Waals surface area contributed by atoms with Gasteiger partial charge in [-0.2, -0.15) is 0 Å². The standard InChI is InChI=1S/C8H18O6S4.2Na/c1-7(17(9,10)11)3-5-15-16-6-4-8(2)18(12,13)14;;/h7-8H,3-6H2,1-2H3,(H,9,10,11)(H,12,13,14);;/q;2*+1/p-2. The van der Waals surface area contributed by atoms with Gasteiger partial charge in [0.05, 0.1) is 20.2 Å². The van der Waals surface area contributed by atoms with E-state index in [0.717, 1.165) is 0 Å². The minimum atomic E-state index is -4.22. The largest absolute Gasteiger partial charge is 1.00 e. The van der Waals surface area contributed by atoms with E-state index in [0.29, 0.717) is 11.5 Å². The number of hydrogen-bond acceptors (Lipinski definition) is 8. The maximum absolute atomic E-state index is 10.6. The van der Waals surface area contributed by atoms with Gasteiger partial charge in [-0.15, -0.1) is 0 Å². The van der Waals surface area contributed by atoms with Crippen molar-refractivity contribution in [1.29, 1.82) is 0 Å². The molecule has 0 aliphatic rings. The molecule has 110 valence electrons. The van der Waals surface area contributed by atoms with Crippen LogP contribution in [0.5, 0.6) is 0 Å². The molecule has 0 radical (unpaired) electrons. The fourth-order valence-electron chi connectivity index (χ4n) is 0.835. The van der Waals surface area contributed by atoms with E-state index in [4.69, 9.17) is 0 Å². The van der Waals surface area contributed by atoms with Crippen LogP contribution in [-0.4, -0.2) is 47.9 Å². The van der Waals surface area contributed by atoms with Crippen LogP contribution in [0.1, 0.15) is 26.7 Å². The Bertz CT molecular complexity index is 396. The van der Waals surface area contributed by atoms with E-state index in [1.165, 1.54) is 35.4 Å². The van der Waals surface area contributed by atoms with E-state index < -0.39 is 30.7 Å². The third-order valence-corrected chi connectivity index (χ3v) is 7.20. The van der Waals surface area contributed by atoms with Crippen LogP contribution in [0.4, 0.5) is 0 Å². The Morgan fingerprint density at radius 3 is 1.25 bits per heavy atom. The number of hydrogen-bond donors (Lipinski definition) is 0. The molecule has 20 heavy (non-hydrogen) atoms. The Hall–Kier alpha value is 2.52. The van der Waals surface area contributed by atoms with Crippen LogP contribution in [0.25, 0.3) is 0 Å². The topological polar surface area (TPSA) is 114 Å². The fraction of sp³-hybridized carbons (Fsp3) is 1.00. The zero-order valence-electron chi connectivity index (χ0n) is 12.1. The van der Waals surface area contributed by atoms with Gasteiger partial charge in [-0.05, 0) is 26.7 Å². The third kappa shape index (κ3) is 14.1. The summed E-state index contributed by atoms with van der Waals surface area (Å²) in [5, 5.41) is -1.82. The number of rotatable bonds is 9. The van der Waals surface area contributed by atoms with Crippen LogP contribution in [0, 0.1) is 0 Å². The van der Waals surface area contributed by atoms with Crippen molar-refractivity contribution in [2.75, 3.05) is 11.5 Å². The molecule has 2 atom stereocenters. The first-order chi connectivity index (χ1) is 8.05. The van der Waals surface area contributed by atoms with E-state index in [1.807, 2.05) is 0 Å². The summed E-state index contributed by atoms with van der Waals surface area (Å²) in [5.41, 5.74) is 0. The summed E-state index contributed by atoms with van der Waals surface area (Å²) in [7, 11) is -5.71. The predicted molar refractivity (Wildman–Crippen MR) is 72.5 cm³/mol. The van der Waals surface area contributed by atoms with E-state index in [9.17, 15) is 25.9 Å². The van der Waals surface area contributed by atoms with Gasteiger partial charge in [0.25, 0.3) is 0 Å². The maximum Gasteiger partial charge on any atom is 1.00 e. The molecular formula is C8H16Na2O6S4. The van der Waals surface area contributed by atoms with Crippen LogP contribution in [0.3, 0.4) is 0 Å². The van der Waals surface area contributed by atoms with Gasteiger partial charge in [0.15, 0.2) is 0 Å². The minimum absolute atomic E-state index is 0. The van der Waals surface area contributed by atoms with Gasteiger partial charge in [0.1, 0.15) is 0 Å².